The molecule has 0 aliphatic carbocycles. The first-order valence-electron chi connectivity index (χ1n) is 8.64. The van der Waals surface area contributed by atoms with E-state index in [0.717, 1.165) is 28.4 Å². The fourth-order valence-corrected chi connectivity index (χ4v) is 2.83. The average molecular weight is 360 g/mol. The molecule has 0 atom stereocenters. The molecule has 7 nitrogen and oxygen atoms in total. The van der Waals surface area contributed by atoms with E-state index in [4.69, 9.17) is 9.47 Å². The number of rotatable bonds is 8. The van der Waals surface area contributed by atoms with E-state index in [2.05, 4.69) is 10.4 Å². The van der Waals surface area contributed by atoms with Gasteiger partial charge in [-0.2, -0.15) is 5.10 Å². The van der Waals surface area contributed by atoms with Gasteiger partial charge in [-0.05, 0) is 45.5 Å². The SMILES string of the molecule is CCOc1ccc(CN(C)CC(=O)Nc2c(C)nn(C)c2C)cc1OC. The highest BCUT2D eigenvalue weighted by atomic mass is 16.5. The summed E-state index contributed by atoms with van der Waals surface area (Å²) < 4.78 is 12.7. The minimum Gasteiger partial charge on any atom is -0.493 e. The van der Waals surface area contributed by atoms with Gasteiger partial charge in [0.25, 0.3) is 0 Å². The van der Waals surface area contributed by atoms with Gasteiger partial charge in [0.2, 0.25) is 5.91 Å². The number of benzene rings is 1. The van der Waals surface area contributed by atoms with Crippen LogP contribution in [0.25, 0.3) is 0 Å². The number of carbonyl (C=O) groups is 1. The first-order valence-corrected chi connectivity index (χ1v) is 8.64. The molecule has 0 aliphatic heterocycles. The molecule has 1 aromatic heterocycles. The number of hydrogen-bond donors (Lipinski definition) is 1. The standard InChI is InChI=1S/C19H28N4O3/c1-7-26-16-9-8-15(10-17(16)25-6)11-22(4)12-18(24)20-19-13(2)21-23(5)14(19)3/h8-10H,7,11-12H2,1-6H3,(H,20,24). The Labute approximate surface area is 154 Å². The number of methoxy groups -OCH3 is 1. The normalized spacial score (nSPS) is 10.9. The Bertz CT molecular complexity index is 770. The van der Waals surface area contributed by atoms with E-state index >= 15 is 0 Å². The van der Waals surface area contributed by atoms with Crippen LogP contribution >= 0.6 is 0 Å². The van der Waals surface area contributed by atoms with Crippen LogP contribution in [0.5, 0.6) is 11.5 Å². The molecule has 0 aliphatic rings. The maximum absolute atomic E-state index is 12.4. The molecule has 2 aromatic rings. The Morgan fingerprint density at radius 3 is 2.62 bits per heavy atom. The number of aromatic nitrogens is 2. The van der Waals surface area contributed by atoms with E-state index in [1.54, 1.807) is 11.8 Å². The van der Waals surface area contributed by atoms with Crippen LogP contribution in [0, 0.1) is 13.8 Å². The third kappa shape index (κ3) is 4.76. The van der Waals surface area contributed by atoms with Crippen LogP contribution in [-0.2, 0) is 18.4 Å². The van der Waals surface area contributed by atoms with Gasteiger partial charge in [-0.1, -0.05) is 6.07 Å². The highest BCUT2D eigenvalue weighted by Crippen LogP contribution is 2.28. The Morgan fingerprint density at radius 2 is 2.04 bits per heavy atom. The first-order chi connectivity index (χ1) is 12.3. The van der Waals surface area contributed by atoms with Crippen LogP contribution in [0.1, 0.15) is 23.9 Å². The highest BCUT2D eigenvalue weighted by Gasteiger charge is 2.14. The molecule has 0 radical (unpaired) electrons. The molecule has 26 heavy (non-hydrogen) atoms. The monoisotopic (exact) mass is 360 g/mol. The van der Waals surface area contributed by atoms with Crippen LogP contribution in [0.4, 0.5) is 5.69 Å². The zero-order valence-electron chi connectivity index (χ0n) is 16.4. The lowest BCUT2D eigenvalue weighted by molar-refractivity contribution is -0.117. The number of amides is 1. The fourth-order valence-electron chi connectivity index (χ4n) is 2.83. The predicted molar refractivity (Wildman–Crippen MR) is 102 cm³/mol. The number of likely N-dealkylation sites (N-methyl/N-ethyl adjacent to an activating group) is 1. The largest absolute Gasteiger partial charge is 0.493 e. The summed E-state index contributed by atoms with van der Waals surface area (Å²) in [5.41, 5.74) is 3.59. The van der Waals surface area contributed by atoms with Crippen LogP contribution in [0.2, 0.25) is 0 Å². The zero-order valence-corrected chi connectivity index (χ0v) is 16.4. The molecule has 7 heteroatoms. The van der Waals surface area contributed by atoms with Gasteiger partial charge >= 0.3 is 0 Å². The van der Waals surface area contributed by atoms with Gasteiger partial charge in [0.05, 0.1) is 37.3 Å². The van der Waals surface area contributed by atoms with E-state index in [-0.39, 0.29) is 12.5 Å². The summed E-state index contributed by atoms with van der Waals surface area (Å²) in [6, 6.07) is 5.82. The van der Waals surface area contributed by atoms with Gasteiger partial charge in [-0.25, -0.2) is 0 Å². The van der Waals surface area contributed by atoms with Crippen molar-refractivity contribution in [1.29, 1.82) is 0 Å². The van der Waals surface area contributed by atoms with Crippen molar-refractivity contribution in [3.8, 4) is 11.5 Å². The van der Waals surface area contributed by atoms with Crippen molar-refractivity contribution in [2.45, 2.75) is 27.3 Å². The quantitative estimate of drug-likeness (QED) is 0.783. The lowest BCUT2D eigenvalue weighted by atomic mass is 10.2. The van der Waals surface area contributed by atoms with Crippen molar-refractivity contribution >= 4 is 11.6 Å². The van der Waals surface area contributed by atoms with Crippen LogP contribution in [0.3, 0.4) is 0 Å². The van der Waals surface area contributed by atoms with Crippen molar-refractivity contribution in [3.63, 3.8) is 0 Å². The number of ether oxygens (including phenoxy) is 2. The van der Waals surface area contributed by atoms with Gasteiger partial charge in [-0.15, -0.1) is 0 Å². The molecule has 1 aromatic carbocycles. The molecule has 0 bridgehead atoms. The number of nitrogens with one attached hydrogen (secondary N) is 1. The second kappa shape index (κ2) is 8.71. The van der Waals surface area contributed by atoms with Crippen LogP contribution < -0.4 is 14.8 Å². The highest BCUT2D eigenvalue weighted by molar-refractivity contribution is 5.93. The maximum Gasteiger partial charge on any atom is 0.238 e. The van der Waals surface area contributed by atoms with E-state index in [0.29, 0.717) is 18.9 Å². The third-order valence-electron chi connectivity index (χ3n) is 4.17. The minimum absolute atomic E-state index is 0.0652. The van der Waals surface area contributed by atoms with Crippen LogP contribution in [0.15, 0.2) is 18.2 Å². The predicted octanol–water partition coefficient (Wildman–Crippen LogP) is 2.51. The minimum atomic E-state index is -0.0652. The number of carbonyl (C=O) groups excluding carboxylic acids is 1. The van der Waals surface area contributed by atoms with Crippen molar-refractivity contribution in [3.05, 3.63) is 35.2 Å². The summed E-state index contributed by atoms with van der Waals surface area (Å²) in [5, 5.41) is 7.27. The summed E-state index contributed by atoms with van der Waals surface area (Å²) in [6.07, 6.45) is 0. The van der Waals surface area contributed by atoms with Gasteiger partial charge in [0.1, 0.15) is 0 Å². The number of nitrogens with zero attached hydrogens (tertiary/aromatic N) is 3. The molecule has 1 heterocycles. The van der Waals surface area contributed by atoms with E-state index in [1.807, 2.05) is 58.0 Å². The number of hydrogen-bond acceptors (Lipinski definition) is 5. The smallest absolute Gasteiger partial charge is 0.238 e. The lowest BCUT2D eigenvalue weighted by Crippen LogP contribution is -2.30. The topological polar surface area (TPSA) is 68.6 Å². The molecule has 0 spiro atoms. The molecular formula is C19H28N4O3. The van der Waals surface area contributed by atoms with E-state index in [1.165, 1.54) is 0 Å². The number of anilines is 1. The van der Waals surface area contributed by atoms with Crippen molar-refractivity contribution in [2.75, 3.05) is 32.6 Å². The molecule has 0 fully saturated rings. The van der Waals surface area contributed by atoms with Crippen LogP contribution in [-0.4, -0.2) is 47.9 Å². The van der Waals surface area contributed by atoms with Crippen molar-refractivity contribution < 1.29 is 14.3 Å². The maximum atomic E-state index is 12.4. The molecular weight excluding hydrogens is 332 g/mol. The lowest BCUT2D eigenvalue weighted by Gasteiger charge is -2.18. The molecule has 1 amide bonds. The molecule has 0 saturated carbocycles. The van der Waals surface area contributed by atoms with Crippen molar-refractivity contribution in [2.24, 2.45) is 7.05 Å². The Balaban J connectivity index is 1.97. The van der Waals surface area contributed by atoms with E-state index < -0.39 is 0 Å². The van der Waals surface area contributed by atoms with Crippen molar-refractivity contribution in [1.82, 2.24) is 14.7 Å². The van der Waals surface area contributed by atoms with Gasteiger partial charge in [-0.3, -0.25) is 14.4 Å². The summed E-state index contributed by atoms with van der Waals surface area (Å²) in [6.45, 7) is 7.25. The first kappa shape index (κ1) is 19.8. The Kier molecular flexibility index (Phi) is 6.63. The molecule has 1 N–H and O–H groups in total. The third-order valence-corrected chi connectivity index (χ3v) is 4.17. The summed E-state index contributed by atoms with van der Waals surface area (Å²) >= 11 is 0. The molecule has 2 rings (SSSR count). The summed E-state index contributed by atoms with van der Waals surface area (Å²) in [5.74, 6) is 1.36. The molecule has 0 unspecified atom stereocenters. The van der Waals surface area contributed by atoms with E-state index in [9.17, 15) is 4.79 Å². The molecule has 0 saturated heterocycles. The Hall–Kier alpha value is -2.54. The van der Waals surface area contributed by atoms with Gasteiger partial charge in [0.15, 0.2) is 11.5 Å². The van der Waals surface area contributed by atoms with Gasteiger partial charge < -0.3 is 14.8 Å². The number of aryl methyl sites for hydroxylation is 2. The average Bonchev–Trinajstić information content (AvgIpc) is 2.82. The summed E-state index contributed by atoms with van der Waals surface area (Å²) in [4.78, 5) is 14.3. The zero-order chi connectivity index (χ0) is 19.3. The summed E-state index contributed by atoms with van der Waals surface area (Å²) in [7, 11) is 5.40. The second-order valence-electron chi connectivity index (χ2n) is 6.31. The Morgan fingerprint density at radius 1 is 1.31 bits per heavy atom. The second-order valence-corrected chi connectivity index (χ2v) is 6.31. The van der Waals surface area contributed by atoms with Gasteiger partial charge in [0, 0.05) is 13.6 Å². The molecule has 142 valence electrons. The fraction of sp³-hybridized carbons (Fsp3) is 0.474.